The Kier molecular flexibility index (Phi) is 8.06. The average molecular weight is 454 g/mol. The van der Waals surface area contributed by atoms with Crippen molar-refractivity contribution in [3.05, 3.63) is 59.7 Å². The van der Waals surface area contributed by atoms with Gasteiger partial charge in [0.05, 0.1) is 0 Å². The highest BCUT2D eigenvalue weighted by Crippen LogP contribution is 2.44. The van der Waals surface area contributed by atoms with Crippen LogP contribution in [0.1, 0.15) is 36.8 Å². The summed E-state index contributed by atoms with van der Waals surface area (Å²) in [5, 5.41) is 14.4. The highest BCUT2D eigenvalue weighted by atomic mass is 16.5. The first-order chi connectivity index (χ1) is 15.8. The summed E-state index contributed by atoms with van der Waals surface area (Å²) in [6, 6.07) is 14.9. The van der Waals surface area contributed by atoms with Crippen LogP contribution in [0.15, 0.2) is 48.5 Å². The zero-order valence-electron chi connectivity index (χ0n) is 19.2. The van der Waals surface area contributed by atoms with Crippen molar-refractivity contribution in [2.45, 2.75) is 37.8 Å². The van der Waals surface area contributed by atoms with E-state index in [2.05, 4.69) is 22.8 Å². The van der Waals surface area contributed by atoms with Gasteiger partial charge in [0.25, 0.3) is 0 Å². The zero-order valence-corrected chi connectivity index (χ0v) is 19.2. The minimum absolute atomic E-state index is 0.0277. The van der Waals surface area contributed by atoms with Crippen LogP contribution in [0.2, 0.25) is 0 Å². The van der Waals surface area contributed by atoms with Crippen LogP contribution >= 0.6 is 0 Å². The summed E-state index contributed by atoms with van der Waals surface area (Å²) in [5.74, 6) is -1.57. The number of aliphatic carboxylic acids is 1. The van der Waals surface area contributed by atoms with E-state index in [0.717, 1.165) is 22.3 Å². The van der Waals surface area contributed by atoms with Crippen LogP contribution in [0.25, 0.3) is 11.1 Å². The van der Waals surface area contributed by atoms with E-state index in [9.17, 15) is 14.4 Å². The molecule has 1 unspecified atom stereocenters. The molecule has 0 fully saturated rings. The number of amides is 2. The van der Waals surface area contributed by atoms with E-state index in [1.54, 1.807) is 0 Å². The van der Waals surface area contributed by atoms with Crippen LogP contribution in [0, 0.1) is 0 Å². The first-order valence-electron chi connectivity index (χ1n) is 11.0. The Morgan fingerprint density at radius 3 is 2.12 bits per heavy atom. The number of carboxylic acids is 1. The number of carboxylic acid groups (broad SMARTS) is 1. The summed E-state index contributed by atoms with van der Waals surface area (Å²) in [6.45, 7) is 2.58. The first-order valence-corrected chi connectivity index (χ1v) is 11.0. The van der Waals surface area contributed by atoms with Gasteiger partial charge in [0.1, 0.15) is 12.6 Å². The first kappa shape index (κ1) is 24.3. The summed E-state index contributed by atoms with van der Waals surface area (Å²) in [6.07, 6.45) is -1.02. The number of hydrogen-bond donors (Lipinski definition) is 3. The van der Waals surface area contributed by atoms with E-state index in [-0.39, 0.29) is 31.4 Å². The van der Waals surface area contributed by atoms with Gasteiger partial charge in [0.2, 0.25) is 5.91 Å². The molecule has 2 aromatic rings. The lowest BCUT2D eigenvalue weighted by Crippen LogP contribution is -2.51. The number of fused-ring (bicyclic) bond motifs is 3. The summed E-state index contributed by atoms with van der Waals surface area (Å²) < 4.78 is 5.51. The standard InChI is InChI=1S/C25H31N3O5/c1-16(14-28(2)3)26-24(31)22(12-13-23(29)30)27-25(32)33-15-21-19-10-6-4-8-17(19)18-9-5-7-11-20(18)21/h4-11,16,21-22H,12-15H2,1-3H3,(H,26,31)(H,27,32)(H,29,30)/t16-,22?/m1/s1. The number of carbonyl (C=O) groups is 3. The van der Waals surface area contributed by atoms with Crippen molar-refractivity contribution in [1.29, 1.82) is 0 Å². The molecular formula is C25H31N3O5. The summed E-state index contributed by atoms with van der Waals surface area (Å²) in [4.78, 5) is 38.2. The van der Waals surface area contributed by atoms with Crippen molar-refractivity contribution in [3.8, 4) is 11.1 Å². The van der Waals surface area contributed by atoms with Crippen molar-refractivity contribution < 1.29 is 24.2 Å². The van der Waals surface area contributed by atoms with Gasteiger partial charge < -0.3 is 25.4 Å². The minimum Gasteiger partial charge on any atom is -0.481 e. The maximum atomic E-state index is 12.7. The highest BCUT2D eigenvalue weighted by molar-refractivity contribution is 5.86. The lowest BCUT2D eigenvalue weighted by Gasteiger charge is -2.23. The van der Waals surface area contributed by atoms with Crippen molar-refractivity contribution in [2.75, 3.05) is 27.2 Å². The second-order valence-corrected chi connectivity index (χ2v) is 8.63. The normalized spacial score (nSPS) is 14.2. The molecule has 8 nitrogen and oxygen atoms in total. The Morgan fingerprint density at radius 1 is 1.00 bits per heavy atom. The van der Waals surface area contributed by atoms with Gasteiger partial charge in [-0.2, -0.15) is 0 Å². The third-order valence-corrected chi connectivity index (χ3v) is 5.63. The van der Waals surface area contributed by atoms with Gasteiger partial charge in [-0.25, -0.2) is 4.79 Å². The van der Waals surface area contributed by atoms with Gasteiger partial charge in [-0.05, 0) is 49.7 Å². The fourth-order valence-corrected chi connectivity index (χ4v) is 4.26. The summed E-state index contributed by atoms with van der Waals surface area (Å²) in [5.41, 5.74) is 4.42. The number of hydrogen-bond acceptors (Lipinski definition) is 5. The van der Waals surface area contributed by atoms with Gasteiger partial charge in [-0.15, -0.1) is 0 Å². The van der Waals surface area contributed by atoms with Crippen molar-refractivity contribution in [1.82, 2.24) is 15.5 Å². The van der Waals surface area contributed by atoms with Crippen LogP contribution in [0.4, 0.5) is 4.79 Å². The third-order valence-electron chi connectivity index (χ3n) is 5.63. The van der Waals surface area contributed by atoms with Crippen LogP contribution < -0.4 is 10.6 Å². The largest absolute Gasteiger partial charge is 0.481 e. The molecule has 2 atom stereocenters. The molecule has 1 aliphatic carbocycles. The average Bonchev–Trinajstić information content (AvgIpc) is 3.08. The van der Waals surface area contributed by atoms with Gasteiger partial charge >= 0.3 is 12.1 Å². The van der Waals surface area contributed by atoms with Crippen molar-refractivity contribution in [3.63, 3.8) is 0 Å². The predicted octanol–water partition coefficient (Wildman–Crippen LogP) is 2.82. The van der Waals surface area contributed by atoms with Crippen molar-refractivity contribution in [2.24, 2.45) is 0 Å². The van der Waals surface area contributed by atoms with Crippen molar-refractivity contribution >= 4 is 18.0 Å². The van der Waals surface area contributed by atoms with Gasteiger partial charge in [0, 0.05) is 24.9 Å². The van der Waals surface area contributed by atoms with E-state index >= 15 is 0 Å². The number of carbonyl (C=O) groups excluding carboxylic acids is 2. The molecule has 0 bridgehead atoms. The van der Waals surface area contributed by atoms with Crippen LogP contribution in [0.3, 0.4) is 0 Å². The number of nitrogens with zero attached hydrogens (tertiary/aromatic N) is 1. The Bertz CT molecular complexity index is 962. The van der Waals surface area contributed by atoms with E-state index in [4.69, 9.17) is 9.84 Å². The minimum atomic E-state index is -1.04. The van der Waals surface area contributed by atoms with Crippen LogP contribution in [-0.2, 0) is 14.3 Å². The Hall–Kier alpha value is -3.39. The molecule has 0 spiro atoms. The molecule has 0 radical (unpaired) electrons. The van der Waals surface area contributed by atoms with E-state index in [1.807, 2.05) is 62.3 Å². The monoisotopic (exact) mass is 453 g/mol. The predicted molar refractivity (Wildman–Crippen MR) is 125 cm³/mol. The number of rotatable bonds is 10. The highest BCUT2D eigenvalue weighted by Gasteiger charge is 2.30. The number of likely N-dealkylation sites (N-methyl/N-ethyl adjacent to an activating group) is 1. The third kappa shape index (κ3) is 6.32. The SMILES string of the molecule is C[C@H](CN(C)C)NC(=O)C(CCC(=O)O)NC(=O)OCC1c2ccccc2-c2ccccc21. The van der Waals surface area contributed by atoms with Gasteiger partial charge in [-0.1, -0.05) is 48.5 Å². The number of ether oxygens (including phenoxy) is 1. The molecule has 176 valence electrons. The molecule has 2 aromatic carbocycles. The Morgan fingerprint density at radius 2 is 1.58 bits per heavy atom. The summed E-state index contributed by atoms with van der Waals surface area (Å²) >= 11 is 0. The number of alkyl carbamates (subject to hydrolysis) is 1. The fourth-order valence-electron chi connectivity index (χ4n) is 4.26. The maximum absolute atomic E-state index is 12.7. The molecule has 0 aliphatic heterocycles. The second-order valence-electron chi connectivity index (χ2n) is 8.63. The maximum Gasteiger partial charge on any atom is 0.407 e. The molecule has 0 saturated heterocycles. The van der Waals surface area contributed by atoms with E-state index < -0.39 is 24.0 Å². The molecule has 3 N–H and O–H groups in total. The smallest absolute Gasteiger partial charge is 0.407 e. The number of benzene rings is 2. The molecule has 33 heavy (non-hydrogen) atoms. The van der Waals surface area contributed by atoms with Gasteiger partial charge in [-0.3, -0.25) is 9.59 Å². The Balaban J connectivity index is 1.64. The quantitative estimate of drug-likeness (QED) is 0.511. The van der Waals surface area contributed by atoms with E-state index in [0.29, 0.717) is 6.54 Å². The molecule has 3 rings (SSSR count). The van der Waals surface area contributed by atoms with E-state index in [1.165, 1.54) is 0 Å². The molecule has 0 heterocycles. The second kappa shape index (κ2) is 11.0. The Labute approximate surface area is 193 Å². The summed E-state index contributed by atoms with van der Waals surface area (Å²) in [7, 11) is 3.78. The van der Waals surface area contributed by atoms with Gasteiger partial charge in [0.15, 0.2) is 0 Å². The fraction of sp³-hybridized carbons (Fsp3) is 0.400. The molecule has 2 amide bonds. The zero-order chi connectivity index (χ0) is 24.0. The number of nitrogens with one attached hydrogen (secondary N) is 2. The molecule has 1 aliphatic rings. The lowest BCUT2D eigenvalue weighted by atomic mass is 9.98. The topological polar surface area (TPSA) is 108 Å². The van der Waals surface area contributed by atoms with Crippen LogP contribution in [0.5, 0.6) is 0 Å². The molecule has 0 saturated carbocycles. The van der Waals surface area contributed by atoms with Crippen LogP contribution in [-0.4, -0.2) is 67.3 Å². The molecular weight excluding hydrogens is 422 g/mol. The lowest BCUT2D eigenvalue weighted by molar-refractivity contribution is -0.137. The molecule has 0 aromatic heterocycles. The molecule has 8 heteroatoms.